The summed E-state index contributed by atoms with van der Waals surface area (Å²) in [5, 5.41) is 3.22. The minimum atomic E-state index is -0.284. The first-order chi connectivity index (χ1) is 19.5. The first kappa shape index (κ1) is 25.3. The second-order valence-electron chi connectivity index (χ2n) is 9.44. The smallest absolute Gasteiger partial charge is 0.260 e. The Balaban J connectivity index is 1.31. The van der Waals surface area contributed by atoms with Crippen molar-refractivity contribution in [2.45, 2.75) is 13.5 Å². The summed E-state index contributed by atoms with van der Waals surface area (Å²) in [6.07, 6.45) is 1.66. The lowest BCUT2D eigenvalue weighted by molar-refractivity contribution is 0.0984. The molecule has 0 saturated carbocycles. The van der Waals surface area contributed by atoms with E-state index in [-0.39, 0.29) is 23.4 Å². The molecule has 0 fully saturated rings. The molecular weight excluding hydrogens is 522 g/mol. The summed E-state index contributed by atoms with van der Waals surface area (Å²) in [6, 6.07) is 31.6. The number of benzene rings is 4. The van der Waals surface area contributed by atoms with Crippen molar-refractivity contribution in [1.29, 1.82) is 0 Å². The molecular formula is C33H24ClN3O3. The molecule has 40 heavy (non-hydrogen) atoms. The van der Waals surface area contributed by atoms with E-state index in [0.29, 0.717) is 39.7 Å². The van der Waals surface area contributed by atoms with E-state index in [4.69, 9.17) is 16.3 Å². The summed E-state index contributed by atoms with van der Waals surface area (Å²) in [5.41, 5.74) is 5.27. The normalized spacial score (nSPS) is 12.0. The third-order valence-corrected chi connectivity index (χ3v) is 7.15. The topological polar surface area (TPSA) is 71.5 Å². The van der Waals surface area contributed by atoms with Crippen molar-refractivity contribution in [3.63, 3.8) is 0 Å². The van der Waals surface area contributed by atoms with Gasteiger partial charge >= 0.3 is 0 Å². The standard InChI is InChI=1S/C33H24ClN3O3/c1-21-18-26(33(39)37-20-23-12-9-17-35-32(23)40-30-16-8-7-15-29(30)37)27(34)19-28(21)36-31(38)25-14-6-5-13-24(25)22-10-3-2-4-11-22/h2-19H,20H2,1H3,(H,36,38). The van der Waals surface area contributed by atoms with Crippen LogP contribution in [0.4, 0.5) is 11.4 Å². The number of halogens is 1. The minimum absolute atomic E-state index is 0.233. The fraction of sp³-hybridized carbons (Fsp3) is 0.0606. The van der Waals surface area contributed by atoms with Gasteiger partial charge in [-0.3, -0.25) is 9.59 Å². The molecule has 6 nitrogen and oxygen atoms in total. The molecule has 0 radical (unpaired) electrons. The van der Waals surface area contributed by atoms with Crippen LogP contribution < -0.4 is 15.0 Å². The number of amides is 2. The van der Waals surface area contributed by atoms with Gasteiger partial charge in [-0.15, -0.1) is 0 Å². The number of para-hydroxylation sites is 2. The molecule has 0 aliphatic carbocycles. The molecule has 0 unspecified atom stereocenters. The van der Waals surface area contributed by atoms with Gasteiger partial charge in [0.15, 0.2) is 5.75 Å². The van der Waals surface area contributed by atoms with Gasteiger partial charge in [0, 0.05) is 23.0 Å². The average Bonchev–Trinajstić information content (AvgIpc) is 3.16. The molecule has 4 aromatic carbocycles. The number of pyridine rings is 1. The number of anilines is 2. The van der Waals surface area contributed by atoms with Gasteiger partial charge in [-0.1, -0.05) is 78.3 Å². The highest BCUT2D eigenvalue weighted by Crippen LogP contribution is 2.39. The van der Waals surface area contributed by atoms with Crippen LogP contribution in [0.15, 0.2) is 109 Å². The van der Waals surface area contributed by atoms with E-state index in [9.17, 15) is 9.59 Å². The lowest BCUT2D eigenvalue weighted by atomic mass is 9.99. The highest BCUT2D eigenvalue weighted by atomic mass is 35.5. The van der Waals surface area contributed by atoms with Crippen molar-refractivity contribution in [2.24, 2.45) is 0 Å². The Morgan fingerprint density at radius 2 is 1.62 bits per heavy atom. The first-order valence-corrected chi connectivity index (χ1v) is 13.2. The van der Waals surface area contributed by atoms with E-state index < -0.39 is 0 Å². The summed E-state index contributed by atoms with van der Waals surface area (Å²) < 4.78 is 6.03. The maximum atomic E-state index is 13.9. The molecule has 2 heterocycles. The molecule has 0 spiro atoms. The Hall–Kier alpha value is -4.94. The zero-order valence-electron chi connectivity index (χ0n) is 21.6. The minimum Gasteiger partial charge on any atom is -0.436 e. The average molecular weight is 546 g/mol. The van der Waals surface area contributed by atoms with Gasteiger partial charge in [0.25, 0.3) is 11.8 Å². The molecule has 5 aromatic rings. The third kappa shape index (κ3) is 4.81. The summed E-state index contributed by atoms with van der Waals surface area (Å²) in [4.78, 5) is 33.3. The number of carbonyl (C=O) groups excluding carboxylic acids is 2. The highest BCUT2D eigenvalue weighted by Gasteiger charge is 2.28. The van der Waals surface area contributed by atoms with Gasteiger partial charge in [-0.2, -0.15) is 0 Å². The van der Waals surface area contributed by atoms with Gasteiger partial charge in [0.1, 0.15) is 0 Å². The van der Waals surface area contributed by atoms with E-state index in [0.717, 1.165) is 16.7 Å². The number of hydrogen-bond donors (Lipinski definition) is 1. The Morgan fingerprint density at radius 3 is 2.48 bits per heavy atom. The van der Waals surface area contributed by atoms with Crippen LogP contribution in [0.2, 0.25) is 5.02 Å². The van der Waals surface area contributed by atoms with Crippen molar-refractivity contribution in [3.05, 3.63) is 137 Å². The van der Waals surface area contributed by atoms with E-state index >= 15 is 0 Å². The molecule has 1 aliphatic heterocycles. The van der Waals surface area contributed by atoms with Crippen LogP contribution in [0.3, 0.4) is 0 Å². The number of rotatable bonds is 4. The number of ether oxygens (including phenoxy) is 1. The molecule has 0 bridgehead atoms. The largest absolute Gasteiger partial charge is 0.436 e. The van der Waals surface area contributed by atoms with Gasteiger partial charge < -0.3 is 15.0 Å². The quantitative estimate of drug-likeness (QED) is 0.249. The molecule has 0 saturated heterocycles. The predicted octanol–water partition coefficient (Wildman–Crippen LogP) is 7.92. The van der Waals surface area contributed by atoms with Crippen LogP contribution in [0.1, 0.15) is 31.8 Å². The second kappa shape index (κ2) is 10.7. The summed E-state index contributed by atoms with van der Waals surface area (Å²) in [6.45, 7) is 2.10. The molecule has 1 N–H and O–H groups in total. The number of aromatic nitrogens is 1. The second-order valence-corrected chi connectivity index (χ2v) is 9.85. The predicted molar refractivity (Wildman–Crippen MR) is 157 cm³/mol. The number of fused-ring (bicyclic) bond motifs is 2. The van der Waals surface area contributed by atoms with Gasteiger partial charge in [0.2, 0.25) is 5.88 Å². The van der Waals surface area contributed by atoms with E-state index in [1.165, 1.54) is 0 Å². The molecule has 0 atom stereocenters. The molecule has 196 valence electrons. The summed E-state index contributed by atoms with van der Waals surface area (Å²) in [7, 11) is 0. The van der Waals surface area contributed by atoms with Gasteiger partial charge in [-0.05, 0) is 60.0 Å². The lowest BCUT2D eigenvalue weighted by Crippen LogP contribution is -2.30. The third-order valence-electron chi connectivity index (χ3n) is 6.84. The highest BCUT2D eigenvalue weighted by molar-refractivity contribution is 6.35. The van der Waals surface area contributed by atoms with Crippen LogP contribution in [0.5, 0.6) is 11.6 Å². The van der Waals surface area contributed by atoms with Crippen LogP contribution in [0, 0.1) is 6.92 Å². The van der Waals surface area contributed by atoms with Gasteiger partial charge in [-0.25, -0.2) is 4.98 Å². The summed E-state index contributed by atoms with van der Waals surface area (Å²) in [5.74, 6) is 0.442. The molecule has 2 amide bonds. The monoisotopic (exact) mass is 545 g/mol. The van der Waals surface area contributed by atoms with E-state index in [1.807, 2.05) is 85.8 Å². The number of nitrogens with one attached hydrogen (secondary N) is 1. The Labute approximate surface area is 236 Å². The first-order valence-electron chi connectivity index (χ1n) is 12.8. The fourth-order valence-corrected chi connectivity index (χ4v) is 5.05. The zero-order valence-corrected chi connectivity index (χ0v) is 22.4. The summed E-state index contributed by atoms with van der Waals surface area (Å²) >= 11 is 6.70. The van der Waals surface area contributed by atoms with Crippen molar-refractivity contribution in [2.75, 3.05) is 10.2 Å². The Kier molecular flexibility index (Phi) is 6.76. The van der Waals surface area contributed by atoms with Crippen LogP contribution in [-0.2, 0) is 6.54 Å². The molecule has 1 aromatic heterocycles. The molecule has 7 heteroatoms. The number of nitrogens with zero attached hydrogens (tertiary/aromatic N) is 2. The SMILES string of the molecule is Cc1cc(C(=O)N2Cc3cccnc3Oc3ccccc32)c(Cl)cc1NC(=O)c1ccccc1-c1ccccc1. The van der Waals surface area contributed by atoms with E-state index in [2.05, 4.69) is 10.3 Å². The fourth-order valence-electron chi connectivity index (χ4n) is 4.81. The maximum absolute atomic E-state index is 13.9. The number of hydrogen-bond acceptors (Lipinski definition) is 4. The van der Waals surface area contributed by atoms with Crippen LogP contribution >= 0.6 is 11.6 Å². The molecule has 6 rings (SSSR count). The number of carbonyl (C=O) groups is 2. The maximum Gasteiger partial charge on any atom is 0.260 e. The van der Waals surface area contributed by atoms with Crippen LogP contribution in [-0.4, -0.2) is 16.8 Å². The van der Waals surface area contributed by atoms with Crippen LogP contribution in [0.25, 0.3) is 11.1 Å². The lowest BCUT2D eigenvalue weighted by Gasteiger charge is -2.23. The van der Waals surface area contributed by atoms with Crippen molar-refractivity contribution >= 4 is 34.8 Å². The molecule has 1 aliphatic rings. The Bertz CT molecular complexity index is 1750. The number of aryl methyl sites for hydroxylation is 1. The zero-order chi connectivity index (χ0) is 27.6. The van der Waals surface area contributed by atoms with Crippen molar-refractivity contribution < 1.29 is 14.3 Å². The van der Waals surface area contributed by atoms with Crippen molar-refractivity contribution in [1.82, 2.24) is 4.98 Å². The van der Waals surface area contributed by atoms with Gasteiger partial charge in [0.05, 0.1) is 22.8 Å². The Morgan fingerprint density at radius 1 is 0.875 bits per heavy atom. The van der Waals surface area contributed by atoms with Crippen molar-refractivity contribution in [3.8, 4) is 22.8 Å². The van der Waals surface area contributed by atoms with E-state index in [1.54, 1.807) is 35.4 Å².